The molecule has 1 atom stereocenters. The Labute approximate surface area is 122 Å². The molecular formula is C16H27NO3. The zero-order valence-electron chi connectivity index (χ0n) is 12.8. The van der Waals surface area contributed by atoms with Crippen LogP contribution in [0.1, 0.15) is 44.7 Å². The number of methoxy groups -OCH3 is 1. The standard InChI is InChI=1S/C16H27NO3/c1-4-17-13(2)14-8-9-15(16(12-14)19-3)20-11-7-5-6-10-18/h8-9,12-13,17-18H,4-7,10-11H2,1-3H3. The number of ether oxygens (including phenoxy) is 2. The summed E-state index contributed by atoms with van der Waals surface area (Å²) in [7, 11) is 1.66. The van der Waals surface area contributed by atoms with Crippen LogP contribution in [-0.2, 0) is 0 Å². The average molecular weight is 281 g/mol. The number of aliphatic hydroxyl groups is 1. The zero-order chi connectivity index (χ0) is 14.8. The minimum absolute atomic E-state index is 0.250. The monoisotopic (exact) mass is 281 g/mol. The Morgan fingerprint density at radius 3 is 2.65 bits per heavy atom. The van der Waals surface area contributed by atoms with Crippen LogP contribution in [0.5, 0.6) is 11.5 Å². The molecule has 1 aromatic rings. The third-order valence-corrected chi connectivity index (χ3v) is 3.26. The maximum Gasteiger partial charge on any atom is 0.161 e. The van der Waals surface area contributed by atoms with Gasteiger partial charge in [-0.15, -0.1) is 0 Å². The second-order valence-electron chi connectivity index (χ2n) is 4.82. The summed E-state index contributed by atoms with van der Waals surface area (Å²) in [6, 6.07) is 6.36. The van der Waals surface area contributed by atoms with E-state index >= 15 is 0 Å². The molecule has 0 radical (unpaired) electrons. The predicted octanol–water partition coefficient (Wildman–Crippen LogP) is 2.91. The van der Waals surface area contributed by atoms with Crippen LogP contribution in [0.15, 0.2) is 18.2 Å². The van der Waals surface area contributed by atoms with E-state index in [1.807, 2.05) is 12.1 Å². The molecule has 2 N–H and O–H groups in total. The maximum atomic E-state index is 8.72. The highest BCUT2D eigenvalue weighted by atomic mass is 16.5. The number of benzene rings is 1. The van der Waals surface area contributed by atoms with Crippen LogP contribution in [0.4, 0.5) is 0 Å². The van der Waals surface area contributed by atoms with Crippen molar-refractivity contribution in [3.63, 3.8) is 0 Å². The van der Waals surface area contributed by atoms with Crippen LogP contribution in [0.2, 0.25) is 0 Å². The molecule has 1 unspecified atom stereocenters. The number of unbranched alkanes of at least 4 members (excludes halogenated alkanes) is 2. The van der Waals surface area contributed by atoms with Crippen molar-refractivity contribution in [2.24, 2.45) is 0 Å². The van der Waals surface area contributed by atoms with Crippen LogP contribution >= 0.6 is 0 Å². The molecule has 0 saturated carbocycles. The highest BCUT2D eigenvalue weighted by Gasteiger charge is 2.09. The fourth-order valence-electron chi connectivity index (χ4n) is 2.07. The van der Waals surface area contributed by atoms with Crippen molar-refractivity contribution in [1.82, 2.24) is 5.32 Å². The fraction of sp³-hybridized carbons (Fsp3) is 0.625. The van der Waals surface area contributed by atoms with Crippen LogP contribution in [0, 0.1) is 0 Å². The number of hydrogen-bond acceptors (Lipinski definition) is 4. The number of nitrogens with one attached hydrogen (secondary N) is 1. The Morgan fingerprint density at radius 1 is 1.20 bits per heavy atom. The molecular weight excluding hydrogens is 254 g/mol. The van der Waals surface area contributed by atoms with Gasteiger partial charge in [0.15, 0.2) is 11.5 Å². The lowest BCUT2D eigenvalue weighted by atomic mass is 10.1. The van der Waals surface area contributed by atoms with Gasteiger partial charge in [0.05, 0.1) is 13.7 Å². The van der Waals surface area contributed by atoms with E-state index in [9.17, 15) is 0 Å². The molecule has 0 spiro atoms. The van der Waals surface area contributed by atoms with Crippen LogP contribution in [0.25, 0.3) is 0 Å². The van der Waals surface area contributed by atoms with Crippen molar-refractivity contribution < 1.29 is 14.6 Å². The molecule has 1 rings (SSSR count). The summed E-state index contributed by atoms with van der Waals surface area (Å²) in [6.07, 6.45) is 2.76. The first-order chi connectivity index (χ1) is 9.72. The van der Waals surface area contributed by atoms with Crippen molar-refractivity contribution in [3.05, 3.63) is 23.8 Å². The minimum atomic E-state index is 0.250. The molecule has 0 aromatic heterocycles. The van der Waals surface area contributed by atoms with Gasteiger partial charge in [0.2, 0.25) is 0 Å². The van der Waals surface area contributed by atoms with Crippen molar-refractivity contribution in [3.8, 4) is 11.5 Å². The molecule has 0 aliphatic rings. The average Bonchev–Trinajstić information content (AvgIpc) is 2.47. The van der Waals surface area contributed by atoms with Gasteiger partial charge in [0, 0.05) is 12.6 Å². The van der Waals surface area contributed by atoms with Gasteiger partial charge in [-0.2, -0.15) is 0 Å². The first kappa shape index (κ1) is 16.8. The highest BCUT2D eigenvalue weighted by Crippen LogP contribution is 2.30. The Kier molecular flexibility index (Phi) is 8.07. The van der Waals surface area contributed by atoms with Gasteiger partial charge in [0.1, 0.15) is 0 Å². The summed E-state index contributed by atoms with van der Waals surface area (Å²) in [4.78, 5) is 0. The number of hydrogen-bond donors (Lipinski definition) is 2. The van der Waals surface area contributed by atoms with Crippen molar-refractivity contribution in [2.75, 3.05) is 26.9 Å². The van der Waals surface area contributed by atoms with E-state index in [1.165, 1.54) is 5.56 Å². The molecule has 0 amide bonds. The van der Waals surface area contributed by atoms with Crippen LogP contribution in [-0.4, -0.2) is 32.0 Å². The first-order valence-corrected chi connectivity index (χ1v) is 7.37. The van der Waals surface area contributed by atoms with Gasteiger partial charge in [0.25, 0.3) is 0 Å². The second-order valence-corrected chi connectivity index (χ2v) is 4.82. The molecule has 0 bridgehead atoms. The topological polar surface area (TPSA) is 50.7 Å². The lowest BCUT2D eigenvalue weighted by Gasteiger charge is -2.16. The zero-order valence-corrected chi connectivity index (χ0v) is 12.8. The maximum absolute atomic E-state index is 8.72. The molecule has 114 valence electrons. The van der Waals surface area contributed by atoms with E-state index in [0.717, 1.165) is 37.3 Å². The molecule has 1 aromatic carbocycles. The van der Waals surface area contributed by atoms with E-state index in [4.69, 9.17) is 14.6 Å². The van der Waals surface area contributed by atoms with Crippen molar-refractivity contribution >= 4 is 0 Å². The Balaban J connectivity index is 2.58. The number of aliphatic hydroxyl groups excluding tert-OH is 1. The smallest absolute Gasteiger partial charge is 0.161 e. The minimum Gasteiger partial charge on any atom is -0.493 e. The molecule has 0 saturated heterocycles. The van der Waals surface area contributed by atoms with Gasteiger partial charge < -0.3 is 19.9 Å². The summed E-state index contributed by atoms with van der Waals surface area (Å²) in [5.74, 6) is 1.55. The molecule has 4 heteroatoms. The van der Waals surface area contributed by atoms with E-state index in [-0.39, 0.29) is 6.61 Å². The van der Waals surface area contributed by atoms with E-state index in [1.54, 1.807) is 7.11 Å². The highest BCUT2D eigenvalue weighted by molar-refractivity contribution is 5.43. The molecule has 0 aliphatic heterocycles. The van der Waals surface area contributed by atoms with Crippen LogP contribution < -0.4 is 14.8 Å². The predicted molar refractivity (Wildman–Crippen MR) is 81.5 cm³/mol. The van der Waals surface area contributed by atoms with Crippen molar-refractivity contribution in [1.29, 1.82) is 0 Å². The SMILES string of the molecule is CCNC(C)c1ccc(OCCCCCO)c(OC)c1. The third-order valence-electron chi connectivity index (χ3n) is 3.26. The molecule has 0 aliphatic carbocycles. The second kappa shape index (κ2) is 9.61. The Hall–Kier alpha value is -1.26. The van der Waals surface area contributed by atoms with Crippen LogP contribution in [0.3, 0.4) is 0 Å². The van der Waals surface area contributed by atoms with E-state index < -0.39 is 0 Å². The fourth-order valence-corrected chi connectivity index (χ4v) is 2.07. The largest absolute Gasteiger partial charge is 0.493 e. The summed E-state index contributed by atoms with van der Waals surface area (Å²) in [5.41, 5.74) is 1.19. The Morgan fingerprint density at radius 2 is 2.00 bits per heavy atom. The lowest BCUT2D eigenvalue weighted by Crippen LogP contribution is -2.17. The summed E-state index contributed by atoms with van der Waals surface area (Å²) < 4.78 is 11.1. The van der Waals surface area contributed by atoms with Gasteiger partial charge in [-0.3, -0.25) is 0 Å². The lowest BCUT2D eigenvalue weighted by molar-refractivity contribution is 0.260. The van der Waals surface area contributed by atoms with Crippen molar-refractivity contribution in [2.45, 2.75) is 39.2 Å². The first-order valence-electron chi connectivity index (χ1n) is 7.37. The van der Waals surface area contributed by atoms with E-state index in [2.05, 4.69) is 25.2 Å². The molecule has 0 heterocycles. The van der Waals surface area contributed by atoms with Gasteiger partial charge in [-0.25, -0.2) is 0 Å². The molecule has 0 fully saturated rings. The van der Waals surface area contributed by atoms with Gasteiger partial charge >= 0.3 is 0 Å². The quantitative estimate of drug-likeness (QED) is 0.647. The molecule has 4 nitrogen and oxygen atoms in total. The van der Waals surface area contributed by atoms with Gasteiger partial charge in [-0.05, 0) is 50.4 Å². The number of rotatable bonds is 10. The summed E-state index contributed by atoms with van der Waals surface area (Å²) in [6.45, 7) is 6.07. The van der Waals surface area contributed by atoms with E-state index in [0.29, 0.717) is 12.6 Å². The third kappa shape index (κ3) is 5.39. The summed E-state index contributed by atoms with van der Waals surface area (Å²) >= 11 is 0. The van der Waals surface area contributed by atoms with Gasteiger partial charge in [-0.1, -0.05) is 13.0 Å². The Bertz CT molecular complexity index is 382. The molecule has 20 heavy (non-hydrogen) atoms. The summed E-state index contributed by atoms with van der Waals surface area (Å²) in [5, 5.41) is 12.1. The normalized spacial score (nSPS) is 12.2.